The molecule has 0 spiro atoms. The highest BCUT2D eigenvalue weighted by molar-refractivity contribution is 6.45. The van der Waals surface area contributed by atoms with E-state index in [1.54, 1.807) is 7.05 Å². The number of amides is 1. The van der Waals surface area contributed by atoms with Crippen molar-refractivity contribution in [2.24, 2.45) is 5.16 Å². The largest absolute Gasteiger partial charge is 0.410 e. The van der Waals surface area contributed by atoms with Crippen molar-refractivity contribution in [2.75, 3.05) is 13.6 Å². The van der Waals surface area contributed by atoms with Gasteiger partial charge in [-0.15, -0.1) is 0 Å². The molecular weight excluding hydrogens is 211 g/mol. The molecule has 84 valence electrons. The molecule has 1 aromatic rings. The van der Waals surface area contributed by atoms with E-state index in [4.69, 9.17) is 5.21 Å². The van der Waals surface area contributed by atoms with Crippen molar-refractivity contribution < 1.29 is 14.4 Å². The van der Waals surface area contributed by atoms with E-state index < -0.39 is 0 Å². The molecule has 0 radical (unpaired) electrons. The number of likely N-dealkylation sites (N-methyl/N-ethyl adjacent to an activating group) is 1. The molecule has 2 rings (SSSR count). The Balaban J connectivity index is 2.58. The molecular formula is C11H11FN2O2. The topological polar surface area (TPSA) is 52.9 Å². The number of halogens is 1. The maximum absolute atomic E-state index is 13.1. The van der Waals surface area contributed by atoms with Crippen molar-refractivity contribution in [1.82, 2.24) is 4.90 Å². The summed E-state index contributed by atoms with van der Waals surface area (Å²) in [5, 5.41) is 11.9. The molecule has 0 atom stereocenters. The van der Waals surface area contributed by atoms with Gasteiger partial charge in [0.15, 0.2) is 5.71 Å². The Kier molecular flexibility index (Phi) is 2.60. The molecule has 0 bridgehead atoms. The summed E-state index contributed by atoms with van der Waals surface area (Å²) in [6, 6.07) is 4.09. The molecule has 1 N–H and O–H groups in total. The first kappa shape index (κ1) is 10.6. The van der Waals surface area contributed by atoms with Gasteiger partial charge in [-0.1, -0.05) is 5.16 Å². The first-order valence-electron chi connectivity index (χ1n) is 4.90. The van der Waals surface area contributed by atoms with Crippen LogP contribution in [-0.4, -0.2) is 35.3 Å². The molecule has 4 nitrogen and oxygen atoms in total. The minimum atomic E-state index is -0.354. The van der Waals surface area contributed by atoms with Gasteiger partial charge >= 0.3 is 0 Å². The summed E-state index contributed by atoms with van der Waals surface area (Å²) in [6.45, 7) is 0.480. The predicted molar refractivity (Wildman–Crippen MR) is 56.1 cm³/mol. The molecule has 0 saturated heterocycles. The number of rotatable bonds is 0. The van der Waals surface area contributed by atoms with Crippen LogP contribution >= 0.6 is 0 Å². The fourth-order valence-electron chi connectivity index (χ4n) is 1.78. The zero-order valence-electron chi connectivity index (χ0n) is 8.77. The van der Waals surface area contributed by atoms with Gasteiger partial charge < -0.3 is 10.1 Å². The van der Waals surface area contributed by atoms with Gasteiger partial charge in [0.25, 0.3) is 5.91 Å². The lowest BCUT2D eigenvalue weighted by Crippen LogP contribution is -2.32. The molecule has 0 saturated carbocycles. The minimum absolute atomic E-state index is 0.0324. The fourth-order valence-corrected chi connectivity index (χ4v) is 1.78. The summed E-state index contributed by atoms with van der Waals surface area (Å²) in [4.78, 5) is 13.2. The highest BCUT2D eigenvalue weighted by Crippen LogP contribution is 2.18. The minimum Gasteiger partial charge on any atom is -0.410 e. The number of fused-ring (bicyclic) bond motifs is 1. The number of nitrogens with zero attached hydrogens (tertiary/aromatic N) is 2. The van der Waals surface area contributed by atoms with E-state index in [1.807, 2.05) is 0 Å². The summed E-state index contributed by atoms with van der Waals surface area (Å²) in [5.74, 6) is -0.707. The van der Waals surface area contributed by atoms with Gasteiger partial charge in [0, 0.05) is 19.2 Å². The first-order chi connectivity index (χ1) is 7.63. The van der Waals surface area contributed by atoms with Crippen LogP contribution < -0.4 is 0 Å². The van der Waals surface area contributed by atoms with Gasteiger partial charge in [0.2, 0.25) is 0 Å². The van der Waals surface area contributed by atoms with E-state index in [0.29, 0.717) is 24.1 Å². The lowest BCUT2D eigenvalue weighted by Gasteiger charge is -2.12. The molecule has 0 aliphatic carbocycles. The van der Waals surface area contributed by atoms with Gasteiger partial charge in [0.1, 0.15) is 5.82 Å². The van der Waals surface area contributed by atoms with E-state index >= 15 is 0 Å². The summed E-state index contributed by atoms with van der Waals surface area (Å²) >= 11 is 0. The monoisotopic (exact) mass is 222 g/mol. The molecule has 1 aliphatic rings. The highest BCUT2D eigenvalue weighted by Gasteiger charge is 2.25. The summed E-state index contributed by atoms with van der Waals surface area (Å²) in [6.07, 6.45) is 0.550. The Labute approximate surface area is 92.0 Å². The fraction of sp³-hybridized carbons (Fsp3) is 0.273. The predicted octanol–water partition coefficient (Wildman–Crippen LogP) is 1.02. The van der Waals surface area contributed by atoms with E-state index in [2.05, 4.69) is 5.16 Å². The zero-order chi connectivity index (χ0) is 11.7. The maximum Gasteiger partial charge on any atom is 0.276 e. The molecule has 16 heavy (non-hydrogen) atoms. The van der Waals surface area contributed by atoms with Gasteiger partial charge in [-0.25, -0.2) is 4.39 Å². The molecule has 0 unspecified atom stereocenters. The summed E-state index contributed by atoms with van der Waals surface area (Å²) < 4.78 is 13.1. The van der Waals surface area contributed by atoms with Crippen molar-refractivity contribution in [1.29, 1.82) is 0 Å². The lowest BCUT2D eigenvalue weighted by molar-refractivity contribution is -0.122. The third-order valence-corrected chi connectivity index (χ3v) is 2.69. The van der Waals surface area contributed by atoms with E-state index in [9.17, 15) is 9.18 Å². The molecule has 1 amide bonds. The first-order valence-corrected chi connectivity index (χ1v) is 4.90. The molecule has 0 aromatic heterocycles. The van der Waals surface area contributed by atoms with Crippen molar-refractivity contribution in [3.8, 4) is 0 Å². The molecule has 1 aromatic carbocycles. The number of carbonyl (C=O) groups is 1. The van der Waals surface area contributed by atoms with Crippen LogP contribution in [0.2, 0.25) is 0 Å². The van der Waals surface area contributed by atoms with E-state index in [1.165, 1.54) is 23.1 Å². The van der Waals surface area contributed by atoms with Crippen LogP contribution in [0.1, 0.15) is 11.1 Å². The second-order valence-corrected chi connectivity index (χ2v) is 3.73. The quantitative estimate of drug-likeness (QED) is 0.526. The van der Waals surface area contributed by atoms with Crippen molar-refractivity contribution in [3.05, 3.63) is 35.1 Å². The zero-order valence-corrected chi connectivity index (χ0v) is 8.77. The number of carbonyl (C=O) groups excluding carboxylic acids is 1. The third-order valence-electron chi connectivity index (χ3n) is 2.69. The average molecular weight is 222 g/mol. The van der Waals surface area contributed by atoms with Crippen LogP contribution in [0.5, 0.6) is 0 Å². The molecule has 1 aliphatic heterocycles. The van der Waals surface area contributed by atoms with Crippen LogP contribution in [0.15, 0.2) is 23.4 Å². The molecule has 5 heteroatoms. The Morgan fingerprint density at radius 1 is 1.50 bits per heavy atom. The van der Waals surface area contributed by atoms with Crippen molar-refractivity contribution in [3.63, 3.8) is 0 Å². The summed E-state index contributed by atoms with van der Waals surface area (Å²) in [5.41, 5.74) is 1.15. The smallest absolute Gasteiger partial charge is 0.276 e. The van der Waals surface area contributed by atoms with Gasteiger partial charge in [-0.3, -0.25) is 4.79 Å². The van der Waals surface area contributed by atoms with Gasteiger partial charge in [0.05, 0.1) is 0 Å². The Bertz CT molecular complexity index is 471. The molecule has 0 fully saturated rings. The van der Waals surface area contributed by atoms with Crippen LogP contribution in [0.3, 0.4) is 0 Å². The molecule has 1 heterocycles. The second-order valence-electron chi connectivity index (χ2n) is 3.73. The van der Waals surface area contributed by atoms with Gasteiger partial charge in [-0.2, -0.15) is 0 Å². The van der Waals surface area contributed by atoms with E-state index in [0.717, 1.165) is 0 Å². The van der Waals surface area contributed by atoms with Gasteiger partial charge in [-0.05, 0) is 30.2 Å². The third kappa shape index (κ3) is 1.64. The number of oxime groups is 1. The van der Waals surface area contributed by atoms with Crippen molar-refractivity contribution in [2.45, 2.75) is 6.42 Å². The van der Waals surface area contributed by atoms with Crippen LogP contribution in [0.4, 0.5) is 4.39 Å². The Morgan fingerprint density at radius 3 is 2.94 bits per heavy atom. The highest BCUT2D eigenvalue weighted by atomic mass is 19.1. The standard InChI is InChI=1S/C11H11FN2O2/c1-14-5-4-7-6-8(12)2-3-9(7)10(13-16)11(14)15/h2-3,6,16H,4-5H2,1H3. The normalized spacial score (nSPS) is 18.5. The second kappa shape index (κ2) is 3.92. The number of benzene rings is 1. The van der Waals surface area contributed by atoms with Crippen molar-refractivity contribution >= 4 is 11.6 Å². The Morgan fingerprint density at radius 2 is 2.25 bits per heavy atom. The SMILES string of the molecule is CN1CCc2cc(F)ccc2C(=NO)C1=O. The summed E-state index contributed by atoms with van der Waals surface area (Å²) in [7, 11) is 1.62. The van der Waals surface area contributed by atoms with E-state index in [-0.39, 0.29) is 17.4 Å². The Hall–Kier alpha value is -1.91. The number of hydrogen-bond acceptors (Lipinski definition) is 3. The maximum atomic E-state index is 13.1. The van der Waals surface area contributed by atoms with Crippen LogP contribution in [-0.2, 0) is 11.2 Å². The van der Waals surface area contributed by atoms with Crippen LogP contribution in [0, 0.1) is 5.82 Å². The number of hydrogen-bond donors (Lipinski definition) is 1. The average Bonchev–Trinajstić information content (AvgIpc) is 2.38. The lowest BCUT2D eigenvalue weighted by atomic mass is 10.0. The van der Waals surface area contributed by atoms with Crippen LogP contribution in [0.25, 0.3) is 0 Å².